The zero-order valence-electron chi connectivity index (χ0n) is 14.7. The van der Waals surface area contributed by atoms with E-state index in [0.717, 1.165) is 16.8 Å². The van der Waals surface area contributed by atoms with Crippen LogP contribution in [0.5, 0.6) is 11.5 Å². The molecule has 5 nitrogen and oxygen atoms in total. The summed E-state index contributed by atoms with van der Waals surface area (Å²) >= 11 is 0. The molecule has 0 N–H and O–H groups in total. The normalized spacial score (nSPS) is 15.5. The largest absolute Gasteiger partial charge is 0.493 e. The lowest BCUT2D eigenvalue weighted by Crippen LogP contribution is -2.21. The number of amides is 1. The third-order valence-corrected chi connectivity index (χ3v) is 4.03. The second-order valence-electron chi connectivity index (χ2n) is 5.81. The number of ether oxygens (including phenoxy) is 2. The van der Waals surface area contributed by atoms with Gasteiger partial charge in [0.15, 0.2) is 11.5 Å². The minimum absolute atomic E-state index is 0.141. The van der Waals surface area contributed by atoms with Gasteiger partial charge in [-0.1, -0.05) is 18.2 Å². The molecule has 1 aliphatic rings. The predicted octanol–water partition coefficient (Wildman–Crippen LogP) is 3.82. The molecule has 0 aromatic heterocycles. The summed E-state index contributed by atoms with van der Waals surface area (Å²) in [6.07, 6.45) is 1.82. The summed E-state index contributed by atoms with van der Waals surface area (Å²) in [4.78, 5) is 12.8. The molecule has 0 aliphatic carbocycles. The molecule has 5 heteroatoms. The molecule has 1 amide bonds. The first-order chi connectivity index (χ1) is 12.0. The second-order valence-corrected chi connectivity index (χ2v) is 5.81. The van der Waals surface area contributed by atoms with E-state index >= 15 is 0 Å². The number of carbonyl (C=O) groups is 1. The number of nitrogens with zero attached hydrogens (tertiary/aromatic N) is 2. The molecule has 128 valence electrons. The number of hydrogen-bond donors (Lipinski definition) is 0. The van der Waals surface area contributed by atoms with Gasteiger partial charge in [0.2, 0.25) is 0 Å². The number of benzene rings is 2. The first kappa shape index (κ1) is 16.8. The van der Waals surface area contributed by atoms with Crippen LogP contribution >= 0.6 is 0 Å². The molecule has 1 aliphatic heterocycles. The van der Waals surface area contributed by atoms with Gasteiger partial charge < -0.3 is 9.47 Å². The van der Waals surface area contributed by atoms with Gasteiger partial charge in [0.25, 0.3) is 5.91 Å². The smallest absolute Gasteiger partial charge is 0.280 e. The van der Waals surface area contributed by atoms with Crippen LogP contribution in [-0.4, -0.2) is 25.8 Å². The summed E-state index contributed by atoms with van der Waals surface area (Å²) in [5.41, 5.74) is 3.94. The van der Waals surface area contributed by atoms with E-state index in [9.17, 15) is 4.79 Å². The lowest BCUT2D eigenvalue weighted by Gasteiger charge is -2.12. The second kappa shape index (κ2) is 6.81. The van der Waals surface area contributed by atoms with E-state index in [1.54, 1.807) is 14.2 Å². The molecule has 0 fully saturated rings. The van der Waals surface area contributed by atoms with Crippen molar-refractivity contribution < 1.29 is 14.3 Å². The van der Waals surface area contributed by atoms with Crippen LogP contribution in [0.4, 0.5) is 5.69 Å². The molecule has 2 aromatic rings. The van der Waals surface area contributed by atoms with Crippen molar-refractivity contribution in [3.05, 3.63) is 59.2 Å². The molecule has 0 atom stereocenters. The Morgan fingerprint density at radius 2 is 1.76 bits per heavy atom. The van der Waals surface area contributed by atoms with Gasteiger partial charge in [-0.15, -0.1) is 0 Å². The molecule has 2 aromatic carbocycles. The van der Waals surface area contributed by atoms with Crippen molar-refractivity contribution in [2.24, 2.45) is 5.10 Å². The Labute approximate surface area is 147 Å². The van der Waals surface area contributed by atoms with Gasteiger partial charge in [-0.05, 0) is 55.3 Å². The molecule has 3 rings (SSSR count). The van der Waals surface area contributed by atoms with Gasteiger partial charge in [0.05, 0.1) is 31.2 Å². The number of carbonyl (C=O) groups excluding carboxylic acids is 1. The summed E-state index contributed by atoms with van der Waals surface area (Å²) in [5, 5.41) is 5.85. The van der Waals surface area contributed by atoms with Crippen LogP contribution in [-0.2, 0) is 4.79 Å². The topological polar surface area (TPSA) is 51.1 Å². The Kier molecular flexibility index (Phi) is 4.57. The van der Waals surface area contributed by atoms with Crippen LogP contribution in [0.1, 0.15) is 18.1 Å². The fourth-order valence-corrected chi connectivity index (χ4v) is 2.73. The van der Waals surface area contributed by atoms with Crippen LogP contribution in [0.15, 0.2) is 53.1 Å². The number of hydrogen-bond acceptors (Lipinski definition) is 4. The average Bonchev–Trinajstić information content (AvgIpc) is 2.89. The van der Waals surface area contributed by atoms with Crippen molar-refractivity contribution in [2.75, 3.05) is 19.2 Å². The molecule has 0 saturated heterocycles. The van der Waals surface area contributed by atoms with Crippen LogP contribution in [0, 0.1) is 6.92 Å². The van der Waals surface area contributed by atoms with Crippen molar-refractivity contribution >= 4 is 23.4 Å². The van der Waals surface area contributed by atoms with Crippen LogP contribution in [0.2, 0.25) is 0 Å². The third-order valence-electron chi connectivity index (χ3n) is 4.03. The van der Waals surface area contributed by atoms with Crippen LogP contribution in [0.3, 0.4) is 0 Å². The van der Waals surface area contributed by atoms with Crippen molar-refractivity contribution in [2.45, 2.75) is 13.8 Å². The average molecular weight is 336 g/mol. The zero-order chi connectivity index (χ0) is 18.0. The van der Waals surface area contributed by atoms with E-state index in [1.807, 2.05) is 62.4 Å². The fourth-order valence-electron chi connectivity index (χ4n) is 2.73. The lowest BCUT2D eigenvalue weighted by atomic mass is 10.1. The van der Waals surface area contributed by atoms with Crippen molar-refractivity contribution in [1.82, 2.24) is 0 Å². The Bertz CT molecular complexity index is 884. The van der Waals surface area contributed by atoms with Crippen molar-refractivity contribution in [3.8, 4) is 11.5 Å². The summed E-state index contributed by atoms with van der Waals surface area (Å²) in [5.74, 6) is 1.12. The van der Waals surface area contributed by atoms with Gasteiger partial charge in [0.1, 0.15) is 0 Å². The Morgan fingerprint density at radius 1 is 1.00 bits per heavy atom. The quantitative estimate of drug-likeness (QED) is 0.798. The SMILES string of the molecule is COc1ccc(C=C2C(=O)N(c3cccc(C)c3)N=C2C)cc1OC. The highest BCUT2D eigenvalue weighted by molar-refractivity contribution is 6.32. The summed E-state index contributed by atoms with van der Waals surface area (Å²) in [6.45, 7) is 3.82. The van der Waals surface area contributed by atoms with Crippen LogP contribution in [0.25, 0.3) is 6.08 Å². The van der Waals surface area contributed by atoms with Crippen molar-refractivity contribution in [3.63, 3.8) is 0 Å². The molecule has 0 spiro atoms. The number of rotatable bonds is 4. The van der Waals surface area contributed by atoms with E-state index < -0.39 is 0 Å². The Balaban J connectivity index is 1.95. The highest BCUT2D eigenvalue weighted by Gasteiger charge is 2.28. The van der Waals surface area contributed by atoms with Crippen molar-refractivity contribution in [1.29, 1.82) is 0 Å². The summed E-state index contributed by atoms with van der Waals surface area (Å²) in [7, 11) is 3.18. The first-order valence-electron chi connectivity index (χ1n) is 7.94. The summed E-state index contributed by atoms with van der Waals surface area (Å²) < 4.78 is 10.6. The van der Waals surface area contributed by atoms with E-state index in [1.165, 1.54) is 5.01 Å². The highest BCUT2D eigenvalue weighted by Crippen LogP contribution is 2.30. The van der Waals surface area contributed by atoms with Gasteiger partial charge >= 0.3 is 0 Å². The molecule has 0 saturated carbocycles. The van der Waals surface area contributed by atoms with E-state index in [0.29, 0.717) is 22.8 Å². The molecule has 0 bridgehead atoms. The zero-order valence-corrected chi connectivity index (χ0v) is 14.7. The fraction of sp³-hybridized carbons (Fsp3) is 0.200. The van der Waals surface area contributed by atoms with Gasteiger partial charge in [-0.3, -0.25) is 4.79 Å². The first-order valence-corrected chi connectivity index (χ1v) is 7.94. The Hall–Kier alpha value is -3.08. The molecule has 0 unspecified atom stereocenters. The third kappa shape index (κ3) is 3.26. The Morgan fingerprint density at radius 3 is 2.44 bits per heavy atom. The molecule has 0 radical (unpaired) electrons. The minimum atomic E-state index is -0.141. The molecular weight excluding hydrogens is 316 g/mol. The summed E-state index contributed by atoms with van der Waals surface area (Å²) in [6, 6.07) is 13.2. The molecular formula is C20H20N2O3. The molecule has 25 heavy (non-hydrogen) atoms. The molecule has 1 heterocycles. The highest BCUT2D eigenvalue weighted by atomic mass is 16.5. The maximum absolute atomic E-state index is 12.8. The van der Waals surface area contributed by atoms with Gasteiger partial charge in [0, 0.05) is 0 Å². The number of aryl methyl sites for hydroxylation is 1. The standard InChI is InChI=1S/C20H20N2O3/c1-13-6-5-7-16(10-13)22-20(23)17(14(2)21-22)11-15-8-9-18(24-3)19(12-15)25-4/h5-12H,1-4H3. The van der Waals surface area contributed by atoms with E-state index in [-0.39, 0.29) is 5.91 Å². The minimum Gasteiger partial charge on any atom is -0.493 e. The van der Waals surface area contributed by atoms with Gasteiger partial charge in [-0.25, -0.2) is 0 Å². The van der Waals surface area contributed by atoms with E-state index in [4.69, 9.17) is 9.47 Å². The monoisotopic (exact) mass is 336 g/mol. The maximum atomic E-state index is 12.8. The predicted molar refractivity (Wildman–Crippen MR) is 99.3 cm³/mol. The number of anilines is 1. The number of methoxy groups -OCH3 is 2. The lowest BCUT2D eigenvalue weighted by molar-refractivity contribution is -0.114. The maximum Gasteiger partial charge on any atom is 0.280 e. The van der Waals surface area contributed by atoms with E-state index in [2.05, 4.69) is 5.10 Å². The number of hydrazone groups is 1. The van der Waals surface area contributed by atoms with Gasteiger partial charge in [-0.2, -0.15) is 10.1 Å². The van der Waals surface area contributed by atoms with Crippen LogP contribution < -0.4 is 14.5 Å².